The maximum absolute atomic E-state index is 12.0. The molecule has 19 heavy (non-hydrogen) atoms. The number of nitrogens with one attached hydrogen (secondary N) is 1. The fourth-order valence-electron chi connectivity index (χ4n) is 2.67. The number of hydrogen-bond donors (Lipinski definition) is 1. The fraction of sp³-hybridized carbons (Fsp3) is 0.786. The van der Waals surface area contributed by atoms with Crippen molar-refractivity contribution in [1.82, 2.24) is 10.2 Å². The zero-order valence-electron chi connectivity index (χ0n) is 11.8. The number of rotatable bonds is 5. The van der Waals surface area contributed by atoms with E-state index < -0.39 is 0 Å². The SMILES string of the molecule is CCC(CC)C(=O)Nc1nnc(C2CCCCC2)s1. The third-order valence-corrected chi connectivity index (χ3v) is 4.98. The first-order valence-electron chi connectivity index (χ1n) is 7.38. The van der Waals surface area contributed by atoms with Crippen LogP contribution in [0.3, 0.4) is 0 Å². The van der Waals surface area contributed by atoms with Crippen molar-refractivity contribution in [2.75, 3.05) is 5.32 Å². The summed E-state index contributed by atoms with van der Waals surface area (Å²) < 4.78 is 0. The Hall–Kier alpha value is -0.970. The second-order valence-electron chi connectivity index (χ2n) is 5.28. The van der Waals surface area contributed by atoms with Crippen LogP contribution in [0.1, 0.15) is 69.7 Å². The van der Waals surface area contributed by atoms with E-state index in [9.17, 15) is 4.79 Å². The van der Waals surface area contributed by atoms with Gasteiger partial charge in [-0.1, -0.05) is 44.4 Å². The lowest BCUT2D eigenvalue weighted by molar-refractivity contribution is -0.120. The predicted octanol–water partition coefficient (Wildman–Crippen LogP) is 3.96. The van der Waals surface area contributed by atoms with Crippen LogP contribution in [0.5, 0.6) is 0 Å². The van der Waals surface area contributed by atoms with Gasteiger partial charge >= 0.3 is 0 Å². The summed E-state index contributed by atoms with van der Waals surface area (Å²) in [6.45, 7) is 4.09. The van der Waals surface area contributed by atoms with Gasteiger partial charge in [-0.05, 0) is 25.7 Å². The van der Waals surface area contributed by atoms with Crippen molar-refractivity contribution in [3.05, 3.63) is 5.01 Å². The largest absolute Gasteiger partial charge is 0.300 e. The number of aromatic nitrogens is 2. The molecule has 106 valence electrons. The van der Waals surface area contributed by atoms with Crippen molar-refractivity contribution in [3.8, 4) is 0 Å². The van der Waals surface area contributed by atoms with E-state index in [1.807, 2.05) is 13.8 Å². The highest BCUT2D eigenvalue weighted by molar-refractivity contribution is 7.15. The minimum absolute atomic E-state index is 0.0799. The molecule has 1 fully saturated rings. The molecule has 1 aromatic heterocycles. The second kappa shape index (κ2) is 6.98. The molecule has 0 saturated heterocycles. The third-order valence-electron chi connectivity index (χ3n) is 3.98. The Balaban J connectivity index is 1.95. The van der Waals surface area contributed by atoms with Gasteiger partial charge in [0, 0.05) is 11.8 Å². The third kappa shape index (κ3) is 3.75. The molecule has 0 radical (unpaired) electrons. The Kier molecular flexibility index (Phi) is 5.31. The summed E-state index contributed by atoms with van der Waals surface area (Å²) in [6.07, 6.45) is 8.10. The van der Waals surface area contributed by atoms with Gasteiger partial charge in [0.2, 0.25) is 11.0 Å². The lowest BCUT2D eigenvalue weighted by Gasteiger charge is -2.18. The van der Waals surface area contributed by atoms with Crippen molar-refractivity contribution in [3.63, 3.8) is 0 Å². The van der Waals surface area contributed by atoms with Crippen LogP contribution >= 0.6 is 11.3 Å². The number of anilines is 1. The van der Waals surface area contributed by atoms with Crippen LogP contribution in [0.2, 0.25) is 0 Å². The van der Waals surface area contributed by atoms with Crippen LogP contribution in [0, 0.1) is 5.92 Å². The lowest BCUT2D eigenvalue weighted by Crippen LogP contribution is -2.21. The van der Waals surface area contributed by atoms with E-state index in [2.05, 4.69) is 15.5 Å². The fourth-order valence-corrected chi connectivity index (χ4v) is 3.58. The average molecular weight is 281 g/mol. The molecule has 4 nitrogen and oxygen atoms in total. The van der Waals surface area contributed by atoms with Gasteiger partial charge in [0.15, 0.2) is 0 Å². The van der Waals surface area contributed by atoms with Crippen molar-refractivity contribution in [2.24, 2.45) is 5.92 Å². The minimum Gasteiger partial charge on any atom is -0.300 e. The van der Waals surface area contributed by atoms with Crippen molar-refractivity contribution >= 4 is 22.4 Å². The number of hydrogen-bond acceptors (Lipinski definition) is 4. The molecule has 0 aliphatic heterocycles. The number of carbonyl (C=O) groups excluding carboxylic acids is 1. The molecule has 1 aromatic rings. The van der Waals surface area contributed by atoms with E-state index in [1.54, 1.807) is 11.3 Å². The van der Waals surface area contributed by atoms with E-state index >= 15 is 0 Å². The van der Waals surface area contributed by atoms with Gasteiger partial charge in [-0.15, -0.1) is 10.2 Å². The topological polar surface area (TPSA) is 54.9 Å². The van der Waals surface area contributed by atoms with E-state index in [4.69, 9.17) is 0 Å². The first kappa shape index (κ1) is 14.4. The lowest BCUT2D eigenvalue weighted by atomic mass is 9.90. The number of carbonyl (C=O) groups is 1. The van der Waals surface area contributed by atoms with Gasteiger partial charge in [-0.2, -0.15) is 0 Å². The Morgan fingerprint density at radius 1 is 1.26 bits per heavy atom. The smallest absolute Gasteiger partial charge is 0.229 e. The zero-order chi connectivity index (χ0) is 13.7. The summed E-state index contributed by atoms with van der Waals surface area (Å²) in [5, 5.41) is 13.0. The second-order valence-corrected chi connectivity index (χ2v) is 6.29. The minimum atomic E-state index is 0.0799. The maximum Gasteiger partial charge on any atom is 0.229 e. The number of nitrogens with zero attached hydrogens (tertiary/aromatic N) is 2. The molecule has 2 rings (SSSR count). The molecule has 1 saturated carbocycles. The molecule has 0 aromatic carbocycles. The Bertz CT molecular complexity index is 409. The van der Waals surface area contributed by atoms with Crippen LogP contribution in [-0.2, 0) is 4.79 Å². The van der Waals surface area contributed by atoms with Gasteiger partial charge in [0.1, 0.15) is 5.01 Å². The van der Waals surface area contributed by atoms with E-state index in [0.717, 1.165) is 17.8 Å². The molecule has 1 N–H and O–H groups in total. The monoisotopic (exact) mass is 281 g/mol. The van der Waals surface area contributed by atoms with Crippen molar-refractivity contribution in [1.29, 1.82) is 0 Å². The first-order chi connectivity index (χ1) is 9.24. The van der Waals surface area contributed by atoms with E-state index in [0.29, 0.717) is 11.0 Å². The highest BCUT2D eigenvalue weighted by Gasteiger charge is 2.21. The molecule has 1 aliphatic rings. The van der Waals surface area contributed by atoms with Crippen LogP contribution in [0.4, 0.5) is 5.13 Å². The highest BCUT2D eigenvalue weighted by Crippen LogP contribution is 2.35. The normalized spacial score (nSPS) is 16.8. The molecule has 0 spiro atoms. The van der Waals surface area contributed by atoms with Crippen molar-refractivity contribution in [2.45, 2.75) is 64.7 Å². The summed E-state index contributed by atoms with van der Waals surface area (Å²) in [7, 11) is 0. The van der Waals surface area contributed by atoms with Gasteiger partial charge < -0.3 is 5.32 Å². The molecule has 0 atom stereocenters. The quantitative estimate of drug-likeness (QED) is 0.888. The van der Waals surface area contributed by atoms with Crippen LogP contribution in [0.15, 0.2) is 0 Å². The number of amides is 1. The van der Waals surface area contributed by atoms with Crippen LogP contribution < -0.4 is 5.32 Å². The Morgan fingerprint density at radius 2 is 1.95 bits per heavy atom. The highest BCUT2D eigenvalue weighted by atomic mass is 32.1. The molecule has 5 heteroatoms. The van der Waals surface area contributed by atoms with Gasteiger partial charge in [0.25, 0.3) is 0 Å². The van der Waals surface area contributed by atoms with Gasteiger partial charge in [-0.3, -0.25) is 4.79 Å². The first-order valence-corrected chi connectivity index (χ1v) is 8.20. The van der Waals surface area contributed by atoms with Gasteiger partial charge in [-0.25, -0.2) is 0 Å². The predicted molar refractivity (Wildman–Crippen MR) is 78.4 cm³/mol. The van der Waals surface area contributed by atoms with E-state index in [-0.39, 0.29) is 11.8 Å². The summed E-state index contributed by atoms with van der Waals surface area (Å²) >= 11 is 1.55. The summed E-state index contributed by atoms with van der Waals surface area (Å²) in [4.78, 5) is 12.0. The molecule has 1 amide bonds. The van der Waals surface area contributed by atoms with E-state index in [1.165, 1.54) is 32.1 Å². The Morgan fingerprint density at radius 3 is 2.58 bits per heavy atom. The summed E-state index contributed by atoms with van der Waals surface area (Å²) in [5.41, 5.74) is 0. The molecule has 1 heterocycles. The zero-order valence-corrected chi connectivity index (χ0v) is 12.6. The maximum atomic E-state index is 12.0. The molecule has 0 unspecified atom stereocenters. The standard InChI is InChI=1S/C14H23N3OS/c1-3-10(4-2)12(18)15-14-17-16-13(19-14)11-8-6-5-7-9-11/h10-11H,3-9H2,1-2H3,(H,15,17,18). The molecular weight excluding hydrogens is 258 g/mol. The molecule has 0 bridgehead atoms. The van der Waals surface area contributed by atoms with Crippen LogP contribution in [0.25, 0.3) is 0 Å². The average Bonchev–Trinajstić information content (AvgIpc) is 2.89. The van der Waals surface area contributed by atoms with Crippen LogP contribution in [-0.4, -0.2) is 16.1 Å². The summed E-state index contributed by atoms with van der Waals surface area (Å²) in [5.74, 6) is 0.725. The summed E-state index contributed by atoms with van der Waals surface area (Å²) in [6, 6.07) is 0. The van der Waals surface area contributed by atoms with Gasteiger partial charge in [0.05, 0.1) is 0 Å². The molecule has 1 aliphatic carbocycles. The Labute approximate surface area is 119 Å². The van der Waals surface area contributed by atoms with Crippen molar-refractivity contribution < 1.29 is 4.79 Å². The molecular formula is C14H23N3OS.